The third kappa shape index (κ3) is 3.56. The first-order valence-electron chi connectivity index (χ1n) is 5.50. The summed E-state index contributed by atoms with van der Waals surface area (Å²) in [6, 6.07) is 0. The summed E-state index contributed by atoms with van der Waals surface area (Å²) in [5.74, 6) is -1.43. The van der Waals surface area contributed by atoms with Crippen LogP contribution in [0.4, 0.5) is 0 Å². The van der Waals surface area contributed by atoms with Crippen molar-refractivity contribution < 1.29 is 14.7 Å². The van der Waals surface area contributed by atoms with Gasteiger partial charge in [0, 0.05) is 25.6 Å². The number of primary amides is 1. The van der Waals surface area contributed by atoms with Crippen LogP contribution in [0.3, 0.4) is 0 Å². The van der Waals surface area contributed by atoms with Crippen molar-refractivity contribution in [3.8, 4) is 0 Å². The van der Waals surface area contributed by atoms with E-state index in [1.165, 1.54) is 10.9 Å². The predicted molar refractivity (Wildman–Crippen MR) is 64.9 cm³/mol. The maximum absolute atomic E-state index is 11.0. The Morgan fingerprint density at radius 2 is 2.17 bits per heavy atom. The summed E-state index contributed by atoms with van der Waals surface area (Å²) in [5, 5.41) is 16.0. The van der Waals surface area contributed by atoms with Crippen LogP contribution in [0, 0.1) is 0 Å². The first-order chi connectivity index (χ1) is 8.23. The van der Waals surface area contributed by atoms with Crippen LogP contribution in [-0.4, -0.2) is 32.3 Å². The van der Waals surface area contributed by atoms with E-state index < -0.39 is 17.4 Å². The lowest BCUT2D eigenvalue weighted by atomic mass is 10.00. The molecule has 0 unspecified atom stereocenters. The van der Waals surface area contributed by atoms with Crippen LogP contribution in [0.5, 0.6) is 0 Å². The Morgan fingerprint density at radius 1 is 1.56 bits per heavy atom. The molecule has 0 atom stereocenters. The van der Waals surface area contributed by atoms with Crippen molar-refractivity contribution in [2.75, 3.05) is 0 Å². The Kier molecular flexibility index (Phi) is 4.07. The zero-order valence-electron chi connectivity index (χ0n) is 10.7. The van der Waals surface area contributed by atoms with Gasteiger partial charge >= 0.3 is 5.97 Å². The molecular formula is C11H18N4O3. The number of aryl methyl sites for hydroxylation is 1. The number of aromatic nitrogens is 2. The second-order valence-corrected chi connectivity index (χ2v) is 4.81. The summed E-state index contributed by atoms with van der Waals surface area (Å²) in [4.78, 5) is 21.9. The van der Waals surface area contributed by atoms with E-state index in [9.17, 15) is 9.59 Å². The van der Waals surface area contributed by atoms with E-state index in [0.29, 0.717) is 12.2 Å². The molecule has 7 heteroatoms. The Hall–Kier alpha value is -1.89. The van der Waals surface area contributed by atoms with Crippen LogP contribution in [0.2, 0.25) is 0 Å². The number of nitrogens with two attached hydrogens (primary N) is 1. The van der Waals surface area contributed by atoms with Gasteiger partial charge in [-0.1, -0.05) is 0 Å². The number of rotatable bonds is 6. The Balaban J connectivity index is 2.77. The fourth-order valence-corrected chi connectivity index (χ4v) is 1.67. The van der Waals surface area contributed by atoms with Crippen molar-refractivity contribution in [1.82, 2.24) is 15.1 Å². The number of carboxylic acids is 1. The highest BCUT2D eigenvalue weighted by Gasteiger charge is 2.22. The van der Waals surface area contributed by atoms with Crippen molar-refractivity contribution >= 4 is 11.9 Å². The molecule has 0 fully saturated rings. The van der Waals surface area contributed by atoms with Gasteiger partial charge in [0.1, 0.15) is 5.56 Å². The molecule has 1 aromatic heterocycles. The predicted octanol–water partition coefficient (Wildman–Crippen LogP) is -0.138. The van der Waals surface area contributed by atoms with Gasteiger partial charge in [-0.25, -0.2) is 4.79 Å². The SMILES string of the molecule is Cn1ncc(C(=O)O)c1CNC(C)(C)CC(N)=O. The van der Waals surface area contributed by atoms with Gasteiger partial charge in [-0.05, 0) is 13.8 Å². The smallest absolute Gasteiger partial charge is 0.339 e. The van der Waals surface area contributed by atoms with E-state index in [-0.39, 0.29) is 12.0 Å². The maximum atomic E-state index is 11.0. The van der Waals surface area contributed by atoms with Crippen LogP contribution in [0.1, 0.15) is 36.3 Å². The lowest BCUT2D eigenvalue weighted by molar-refractivity contribution is -0.119. The highest BCUT2D eigenvalue weighted by molar-refractivity contribution is 5.88. The number of carbonyl (C=O) groups is 2. The van der Waals surface area contributed by atoms with E-state index in [2.05, 4.69) is 10.4 Å². The highest BCUT2D eigenvalue weighted by atomic mass is 16.4. The van der Waals surface area contributed by atoms with Crippen molar-refractivity contribution in [1.29, 1.82) is 0 Å². The summed E-state index contributed by atoms with van der Waals surface area (Å²) in [7, 11) is 1.67. The van der Waals surface area contributed by atoms with Crippen LogP contribution >= 0.6 is 0 Å². The number of carboxylic acid groups (broad SMARTS) is 1. The second kappa shape index (κ2) is 5.18. The minimum Gasteiger partial charge on any atom is -0.478 e. The molecule has 1 rings (SSSR count). The standard InChI is InChI=1S/C11H18N4O3/c1-11(2,4-9(12)16)13-6-8-7(10(17)18)5-14-15(8)3/h5,13H,4,6H2,1-3H3,(H2,12,16)(H,17,18). The van der Waals surface area contributed by atoms with E-state index in [1.54, 1.807) is 7.05 Å². The molecule has 0 radical (unpaired) electrons. The normalized spacial score (nSPS) is 11.5. The van der Waals surface area contributed by atoms with E-state index in [1.807, 2.05) is 13.8 Å². The van der Waals surface area contributed by atoms with Crippen LogP contribution < -0.4 is 11.1 Å². The van der Waals surface area contributed by atoms with Crippen LogP contribution in [0.15, 0.2) is 6.20 Å². The summed E-state index contributed by atoms with van der Waals surface area (Å²) < 4.78 is 1.50. The van der Waals surface area contributed by atoms with Crippen molar-refractivity contribution in [2.24, 2.45) is 12.8 Å². The second-order valence-electron chi connectivity index (χ2n) is 4.81. The lowest BCUT2D eigenvalue weighted by Crippen LogP contribution is -2.42. The minimum atomic E-state index is -1.02. The Labute approximate surface area is 105 Å². The van der Waals surface area contributed by atoms with Gasteiger partial charge in [0.15, 0.2) is 0 Å². The fraction of sp³-hybridized carbons (Fsp3) is 0.545. The molecule has 0 saturated heterocycles. The number of hydrogen-bond donors (Lipinski definition) is 3. The van der Waals surface area contributed by atoms with Crippen molar-refractivity contribution in [3.63, 3.8) is 0 Å². The number of carbonyl (C=O) groups excluding carboxylic acids is 1. The number of amides is 1. The molecule has 0 bridgehead atoms. The third-order valence-electron chi connectivity index (χ3n) is 2.64. The zero-order valence-corrected chi connectivity index (χ0v) is 10.7. The highest BCUT2D eigenvalue weighted by Crippen LogP contribution is 2.12. The number of nitrogens with one attached hydrogen (secondary N) is 1. The topological polar surface area (TPSA) is 110 Å². The number of nitrogens with zero attached hydrogens (tertiary/aromatic N) is 2. The van der Waals surface area contributed by atoms with E-state index in [4.69, 9.17) is 10.8 Å². The summed E-state index contributed by atoms with van der Waals surface area (Å²) in [6.07, 6.45) is 1.48. The maximum Gasteiger partial charge on any atom is 0.339 e. The first kappa shape index (κ1) is 14.2. The Bertz CT molecular complexity index is 465. The molecule has 0 saturated carbocycles. The molecule has 1 amide bonds. The van der Waals surface area contributed by atoms with Crippen molar-refractivity contribution in [3.05, 3.63) is 17.5 Å². The molecule has 0 aliphatic heterocycles. The van der Waals surface area contributed by atoms with Gasteiger partial charge < -0.3 is 16.2 Å². The monoisotopic (exact) mass is 254 g/mol. The molecule has 4 N–H and O–H groups in total. The van der Waals surface area contributed by atoms with E-state index in [0.717, 1.165) is 0 Å². The Morgan fingerprint density at radius 3 is 2.67 bits per heavy atom. The average molecular weight is 254 g/mol. The van der Waals surface area contributed by atoms with Gasteiger partial charge in [-0.3, -0.25) is 9.48 Å². The quantitative estimate of drug-likeness (QED) is 0.654. The number of aromatic carboxylic acids is 1. The third-order valence-corrected chi connectivity index (χ3v) is 2.64. The van der Waals surface area contributed by atoms with Gasteiger partial charge in [-0.15, -0.1) is 0 Å². The molecule has 0 aliphatic rings. The molecular weight excluding hydrogens is 236 g/mol. The van der Waals surface area contributed by atoms with Crippen molar-refractivity contribution in [2.45, 2.75) is 32.4 Å². The average Bonchev–Trinajstić information content (AvgIpc) is 2.55. The fourth-order valence-electron chi connectivity index (χ4n) is 1.67. The minimum absolute atomic E-state index is 0.153. The molecule has 0 aliphatic carbocycles. The largest absolute Gasteiger partial charge is 0.478 e. The van der Waals surface area contributed by atoms with Gasteiger partial charge in [0.2, 0.25) is 5.91 Å². The molecule has 0 aromatic carbocycles. The summed E-state index contributed by atoms with van der Waals surface area (Å²) in [5.41, 5.74) is 5.36. The first-order valence-corrected chi connectivity index (χ1v) is 5.50. The molecule has 7 nitrogen and oxygen atoms in total. The molecule has 1 aromatic rings. The van der Waals surface area contributed by atoms with Crippen LogP contribution in [-0.2, 0) is 18.4 Å². The lowest BCUT2D eigenvalue weighted by Gasteiger charge is -2.25. The molecule has 18 heavy (non-hydrogen) atoms. The summed E-state index contributed by atoms with van der Waals surface area (Å²) in [6.45, 7) is 3.96. The number of hydrogen-bond acceptors (Lipinski definition) is 4. The van der Waals surface area contributed by atoms with Gasteiger partial charge in [0.25, 0.3) is 0 Å². The zero-order chi connectivity index (χ0) is 13.9. The van der Waals surface area contributed by atoms with Gasteiger partial charge in [0.05, 0.1) is 11.9 Å². The molecule has 100 valence electrons. The van der Waals surface area contributed by atoms with Gasteiger partial charge in [-0.2, -0.15) is 5.10 Å². The van der Waals surface area contributed by atoms with E-state index >= 15 is 0 Å². The van der Waals surface area contributed by atoms with Crippen LogP contribution in [0.25, 0.3) is 0 Å². The molecule has 1 heterocycles. The molecule has 0 spiro atoms. The summed E-state index contributed by atoms with van der Waals surface area (Å²) >= 11 is 0.